The Bertz CT molecular complexity index is 362. The molecular weight excluding hydrogens is 274 g/mol. The third-order valence-corrected chi connectivity index (χ3v) is 2.76. The number of carbonyl (C=O) groups excluding carboxylic acids is 4. The number of hydrogen-bond acceptors (Lipinski definition) is 5. The largest absolute Gasteiger partial charge is 0.466 e. The molecule has 21 heavy (non-hydrogen) atoms. The highest BCUT2D eigenvalue weighted by Crippen LogP contribution is 2.07. The molecule has 0 aromatic rings. The van der Waals surface area contributed by atoms with Gasteiger partial charge in [0.15, 0.2) is 0 Å². The van der Waals surface area contributed by atoms with Crippen LogP contribution >= 0.6 is 0 Å². The molecule has 0 spiro atoms. The van der Waals surface area contributed by atoms with Crippen LogP contribution in [0.2, 0.25) is 0 Å². The molecule has 0 atom stereocenters. The molecular formula is C15H25NO5. The maximum atomic E-state index is 11.9. The Morgan fingerprint density at radius 2 is 1.38 bits per heavy atom. The summed E-state index contributed by atoms with van der Waals surface area (Å²) in [7, 11) is 0. The van der Waals surface area contributed by atoms with Gasteiger partial charge in [-0.2, -0.15) is 0 Å². The van der Waals surface area contributed by atoms with E-state index < -0.39 is 0 Å². The summed E-state index contributed by atoms with van der Waals surface area (Å²) in [4.78, 5) is 46.5. The van der Waals surface area contributed by atoms with Gasteiger partial charge in [0.25, 0.3) is 0 Å². The molecule has 0 saturated heterocycles. The van der Waals surface area contributed by atoms with Gasteiger partial charge in [0, 0.05) is 12.8 Å². The van der Waals surface area contributed by atoms with Crippen LogP contribution in [-0.4, -0.2) is 48.0 Å². The van der Waals surface area contributed by atoms with E-state index in [0.717, 1.165) is 6.42 Å². The monoisotopic (exact) mass is 299 g/mol. The highest BCUT2D eigenvalue weighted by molar-refractivity contribution is 5.88. The number of esters is 1. The van der Waals surface area contributed by atoms with Crippen LogP contribution in [0, 0.1) is 0 Å². The van der Waals surface area contributed by atoms with Gasteiger partial charge in [0.2, 0.25) is 5.91 Å². The van der Waals surface area contributed by atoms with Crippen LogP contribution in [0.5, 0.6) is 0 Å². The van der Waals surface area contributed by atoms with Crippen LogP contribution in [0.1, 0.15) is 52.9 Å². The zero-order valence-electron chi connectivity index (χ0n) is 13.1. The van der Waals surface area contributed by atoms with Crippen LogP contribution in [0.4, 0.5) is 0 Å². The van der Waals surface area contributed by atoms with Gasteiger partial charge in [0.05, 0.1) is 19.7 Å². The van der Waals surface area contributed by atoms with Crippen molar-refractivity contribution in [3.05, 3.63) is 0 Å². The van der Waals surface area contributed by atoms with Gasteiger partial charge in [-0.1, -0.05) is 6.42 Å². The number of rotatable bonds is 11. The summed E-state index contributed by atoms with van der Waals surface area (Å²) >= 11 is 0. The van der Waals surface area contributed by atoms with Gasteiger partial charge in [-0.25, -0.2) is 0 Å². The lowest BCUT2D eigenvalue weighted by atomic mass is 10.1. The second-order valence-corrected chi connectivity index (χ2v) is 5.02. The first-order valence-electron chi connectivity index (χ1n) is 7.29. The Hall–Kier alpha value is -1.72. The lowest BCUT2D eigenvalue weighted by Crippen LogP contribution is -2.38. The second-order valence-electron chi connectivity index (χ2n) is 5.02. The number of hydrogen-bond donors (Lipinski definition) is 0. The van der Waals surface area contributed by atoms with Gasteiger partial charge in [0.1, 0.15) is 11.6 Å². The van der Waals surface area contributed by atoms with Gasteiger partial charge in [-0.3, -0.25) is 19.2 Å². The first-order chi connectivity index (χ1) is 9.86. The van der Waals surface area contributed by atoms with Crippen molar-refractivity contribution in [3.8, 4) is 0 Å². The molecule has 0 aliphatic rings. The van der Waals surface area contributed by atoms with E-state index in [2.05, 4.69) is 0 Å². The molecule has 0 aromatic carbocycles. The highest BCUT2D eigenvalue weighted by Gasteiger charge is 2.16. The van der Waals surface area contributed by atoms with E-state index in [1.54, 1.807) is 6.92 Å². The molecule has 0 aliphatic heterocycles. The summed E-state index contributed by atoms with van der Waals surface area (Å²) in [5.74, 6) is -0.714. The summed E-state index contributed by atoms with van der Waals surface area (Å²) in [5.41, 5.74) is 0. The van der Waals surface area contributed by atoms with Crippen LogP contribution < -0.4 is 0 Å². The Kier molecular flexibility index (Phi) is 10.1. The quantitative estimate of drug-likeness (QED) is 0.426. The summed E-state index contributed by atoms with van der Waals surface area (Å²) in [5, 5.41) is 0. The van der Waals surface area contributed by atoms with Crippen molar-refractivity contribution in [2.24, 2.45) is 0 Å². The summed E-state index contributed by atoms with van der Waals surface area (Å²) in [6.45, 7) is 4.86. The molecule has 0 fully saturated rings. The van der Waals surface area contributed by atoms with Gasteiger partial charge in [-0.15, -0.1) is 0 Å². The first-order valence-corrected chi connectivity index (χ1v) is 7.29. The Labute approximate surface area is 125 Å². The average molecular weight is 299 g/mol. The molecule has 0 saturated carbocycles. The SMILES string of the molecule is CCOC(=O)CCCCCC(=O)N(CC(C)=O)CC(C)=O. The number of amides is 1. The van der Waals surface area contributed by atoms with Crippen LogP contribution in [-0.2, 0) is 23.9 Å². The minimum Gasteiger partial charge on any atom is -0.466 e. The molecule has 0 radical (unpaired) electrons. The van der Waals surface area contributed by atoms with E-state index in [9.17, 15) is 19.2 Å². The number of carbonyl (C=O) groups is 4. The van der Waals surface area contributed by atoms with E-state index in [1.165, 1.54) is 18.7 Å². The molecule has 0 aromatic heterocycles. The van der Waals surface area contributed by atoms with Crippen molar-refractivity contribution in [1.82, 2.24) is 4.90 Å². The van der Waals surface area contributed by atoms with Crippen molar-refractivity contribution in [2.75, 3.05) is 19.7 Å². The van der Waals surface area contributed by atoms with Crippen LogP contribution in [0.25, 0.3) is 0 Å². The van der Waals surface area contributed by atoms with Crippen molar-refractivity contribution in [2.45, 2.75) is 52.9 Å². The minimum absolute atomic E-state index is 0.0265. The molecule has 0 heterocycles. The fourth-order valence-electron chi connectivity index (χ4n) is 1.88. The van der Waals surface area contributed by atoms with Crippen molar-refractivity contribution >= 4 is 23.4 Å². The van der Waals surface area contributed by atoms with E-state index in [1.807, 2.05) is 0 Å². The molecule has 1 amide bonds. The molecule has 0 bridgehead atoms. The maximum absolute atomic E-state index is 11.9. The van der Waals surface area contributed by atoms with E-state index >= 15 is 0 Å². The maximum Gasteiger partial charge on any atom is 0.305 e. The topological polar surface area (TPSA) is 80.8 Å². The Morgan fingerprint density at radius 3 is 1.86 bits per heavy atom. The van der Waals surface area contributed by atoms with Crippen molar-refractivity contribution < 1.29 is 23.9 Å². The fourth-order valence-corrected chi connectivity index (χ4v) is 1.88. The second kappa shape index (κ2) is 11.0. The third kappa shape index (κ3) is 10.7. The normalized spacial score (nSPS) is 10.0. The van der Waals surface area contributed by atoms with E-state index in [0.29, 0.717) is 25.9 Å². The predicted octanol–water partition coefficient (Wildman–Crippen LogP) is 1.51. The lowest BCUT2D eigenvalue weighted by molar-refractivity contribution is -0.143. The highest BCUT2D eigenvalue weighted by atomic mass is 16.5. The Balaban J connectivity index is 4.00. The van der Waals surface area contributed by atoms with Gasteiger partial charge >= 0.3 is 5.97 Å². The fraction of sp³-hybridized carbons (Fsp3) is 0.733. The molecule has 0 rings (SSSR count). The first kappa shape index (κ1) is 19.3. The molecule has 120 valence electrons. The van der Waals surface area contributed by atoms with Crippen molar-refractivity contribution in [3.63, 3.8) is 0 Å². The molecule has 6 heteroatoms. The minimum atomic E-state index is -0.224. The lowest BCUT2D eigenvalue weighted by Gasteiger charge is -2.19. The summed E-state index contributed by atoms with van der Waals surface area (Å²) in [6, 6.07) is 0. The van der Waals surface area contributed by atoms with Crippen LogP contribution in [0.15, 0.2) is 0 Å². The standard InChI is InChI=1S/C15H25NO5/c1-4-21-15(20)9-7-5-6-8-14(19)16(10-12(2)17)11-13(3)18/h4-11H2,1-3H3. The number of unbranched alkanes of at least 4 members (excludes halogenated alkanes) is 2. The third-order valence-electron chi connectivity index (χ3n) is 2.76. The predicted molar refractivity (Wildman–Crippen MR) is 77.7 cm³/mol. The van der Waals surface area contributed by atoms with Crippen molar-refractivity contribution in [1.29, 1.82) is 0 Å². The molecule has 0 aliphatic carbocycles. The summed E-state index contributed by atoms with van der Waals surface area (Å²) < 4.78 is 4.81. The van der Waals surface area contributed by atoms with E-state index in [-0.39, 0.29) is 43.0 Å². The average Bonchev–Trinajstić information content (AvgIpc) is 2.36. The number of ketones is 2. The van der Waals surface area contributed by atoms with Gasteiger partial charge < -0.3 is 9.64 Å². The molecule has 0 unspecified atom stereocenters. The number of nitrogens with zero attached hydrogens (tertiary/aromatic N) is 1. The number of ether oxygens (including phenoxy) is 1. The van der Waals surface area contributed by atoms with Gasteiger partial charge in [-0.05, 0) is 33.6 Å². The molecule has 6 nitrogen and oxygen atoms in total. The van der Waals surface area contributed by atoms with Crippen LogP contribution in [0.3, 0.4) is 0 Å². The number of Topliss-reactive ketones (excluding diaryl/α,β-unsaturated/α-hetero) is 2. The summed E-state index contributed by atoms with van der Waals surface area (Å²) in [6.07, 6.45) is 2.67. The zero-order chi connectivity index (χ0) is 16.3. The zero-order valence-corrected chi connectivity index (χ0v) is 13.1. The molecule has 0 N–H and O–H groups in total. The smallest absolute Gasteiger partial charge is 0.305 e. The Morgan fingerprint density at radius 1 is 0.857 bits per heavy atom. The van der Waals surface area contributed by atoms with E-state index in [4.69, 9.17) is 4.74 Å².